The van der Waals surface area contributed by atoms with Gasteiger partial charge in [-0.05, 0) is 31.4 Å². The lowest BCUT2D eigenvalue weighted by Crippen LogP contribution is -2.24. The van der Waals surface area contributed by atoms with Gasteiger partial charge in [-0.2, -0.15) is 8.42 Å². The van der Waals surface area contributed by atoms with Crippen molar-refractivity contribution in [3.05, 3.63) is 24.0 Å². The van der Waals surface area contributed by atoms with Crippen LogP contribution in [0.15, 0.2) is 18.3 Å². The molecule has 0 bridgehead atoms. The first-order valence-electron chi connectivity index (χ1n) is 7.19. The van der Waals surface area contributed by atoms with Crippen molar-refractivity contribution < 1.29 is 26.8 Å². The molecule has 0 amide bonds. The summed E-state index contributed by atoms with van der Waals surface area (Å²) in [4.78, 5) is 4.03. The zero-order chi connectivity index (χ0) is 15.8. The normalized spacial score (nSPS) is 19.0. The Morgan fingerprint density at radius 1 is 1.36 bits per heavy atom. The molecule has 22 heavy (non-hydrogen) atoms. The number of hydrogen-bond acceptors (Lipinski definition) is 7. The van der Waals surface area contributed by atoms with Gasteiger partial charge >= 0.3 is 0 Å². The molecule has 0 aromatic carbocycles. The Hall–Kier alpha value is -1.22. The Morgan fingerprint density at radius 3 is 2.95 bits per heavy atom. The SMILES string of the molecule is COS(=O)(=O)Cc1ncccc1OCCOC1CCCCO1. The molecule has 2 rings (SSSR count). The second-order valence-electron chi connectivity index (χ2n) is 4.83. The van der Waals surface area contributed by atoms with E-state index in [4.69, 9.17) is 14.2 Å². The predicted octanol–water partition coefficient (Wildman–Crippen LogP) is 1.48. The molecule has 1 atom stereocenters. The van der Waals surface area contributed by atoms with Gasteiger partial charge in [-0.15, -0.1) is 0 Å². The number of ether oxygens (including phenoxy) is 3. The summed E-state index contributed by atoms with van der Waals surface area (Å²) in [5.41, 5.74) is 0.318. The molecule has 0 aliphatic carbocycles. The van der Waals surface area contributed by atoms with Crippen LogP contribution in [0, 0.1) is 0 Å². The Morgan fingerprint density at radius 2 is 2.23 bits per heavy atom. The second-order valence-corrected chi connectivity index (χ2v) is 6.57. The first-order chi connectivity index (χ1) is 10.6. The lowest BCUT2D eigenvalue weighted by atomic mass is 10.2. The lowest BCUT2D eigenvalue weighted by Gasteiger charge is -2.22. The summed E-state index contributed by atoms with van der Waals surface area (Å²) in [6.07, 6.45) is 4.42. The van der Waals surface area contributed by atoms with Crippen molar-refractivity contribution in [1.82, 2.24) is 4.98 Å². The van der Waals surface area contributed by atoms with Gasteiger partial charge in [-0.3, -0.25) is 9.17 Å². The first-order valence-corrected chi connectivity index (χ1v) is 8.76. The van der Waals surface area contributed by atoms with E-state index in [1.807, 2.05) is 0 Å². The van der Waals surface area contributed by atoms with Crippen molar-refractivity contribution >= 4 is 10.1 Å². The summed E-state index contributed by atoms with van der Waals surface area (Å²) >= 11 is 0. The van der Waals surface area contributed by atoms with Crippen LogP contribution in [0.3, 0.4) is 0 Å². The molecule has 2 heterocycles. The van der Waals surface area contributed by atoms with Crippen molar-refractivity contribution in [2.75, 3.05) is 26.9 Å². The number of nitrogens with zero attached hydrogens (tertiary/aromatic N) is 1. The summed E-state index contributed by atoms with van der Waals surface area (Å²) in [5.74, 6) is 0.0861. The molecule has 1 aromatic rings. The van der Waals surface area contributed by atoms with Gasteiger partial charge in [0.15, 0.2) is 6.29 Å². The molecular weight excluding hydrogens is 310 g/mol. The lowest BCUT2D eigenvalue weighted by molar-refractivity contribution is -0.165. The zero-order valence-electron chi connectivity index (χ0n) is 12.6. The molecule has 8 heteroatoms. The van der Waals surface area contributed by atoms with Gasteiger partial charge in [-0.25, -0.2) is 0 Å². The van der Waals surface area contributed by atoms with E-state index in [1.165, 1.54) is 6.20 Å². The third kappa shape index (κ3) is 5.53. The van der Waals surface area contributed by atoms with Crippen molar-refractivity contribution in [3.8, 4) is 5.75 Å². The molecule has 1 saturated heterocycles. The van der Waals surface area contributed by atoms with Crippen LogP contribution in [-0.2, 0) is 29.5 Å². The predicted molar refractivity (Wildman–Crippen MR) is 78.9 cm³/mol. The highest BCUT2D eigenvalue weighted by molar-refractivity contribution is 7.85. The fourth-order valence-electron chi connectivity index (χ4n) is 2.06. The minimum absolute atomic E-state index is 0.167. The molecule has 1 fully saturated rings. The van der Waals surface area contributed by atoms with E-state index in [-0.39, 0.29) is 12.0 Å². The Kier molecular flexibility index (Phi) is 6.56. The molecule has 0 saturated carbocycles. The highest BCUT2D eigenvalue weighted by Gasteiger charge is 2.16. The van der Waals surface area contributed by atoms with Crippen LogP contribution < -0.4 is 4.74 Å². The zero-order valence-corrected chi connectivity index (χ0v) is 13.4. The molecule has 0 radical (unpaired) electrons. The summed E-state index contributed by atoms with van der Waals surface area (Å²) < 4.78 is 44.0. The molecule has 1 unspecified atom stereocenters. The highest BCUT2D eigenvalue weighted by Crippen LogP contribution is 2.19. The molecular formula is C14H21NO6S. The van der Waals surface area contributed by atoms with Gasteiger partial charge in [0, 0.05) is 12.8 Å². The van der Waals surface area contributed by atoms with Crippen LogP contribution in [0.1, 0.15) is 25.0 Å². The monoisotopic (exact) mass is 331 g/mol. The van der Waals surface area contributed by atoms with E-state index < -0.39 is 10.1 Å². The van der Waals surface area contributed by atoms with Gasteiger partial charge in [0.25, 0.3) is 10.1 Å². The van der Waals surface area contributed by atoms with Crippen LogP contribution >= 0.6 is 0 Å². The fraction of sp³-hybridized carbons (Fsp3) is 0.643. The highest BCUT2D eigenvalue weighted by atomic mass is 32.2. The summed E-state index contributed by atoms with van der Waals surface area (Å²) in [7, 11) is -2.51. The number of pyridine rings is 1. The van der Waals surface area contributed by atoms with E-state index >= 15 is 0 Å². The molecule has 0 spiro atoms. The Bertz CT molecular complexity index is 556. The van der Waals surface area contributed by atoms with E-state index in [0.29, 0.717) is 24.7 Å². The standard InChI is InChI=1S/C14H21NO6S/c1-18-22(16,17)11-12-13(5-4-7-15-12)19-9-10-21-14-6-2-3-8-20-14/h4-5,7,14H,2-3,6,8-11H2,1H3. The number of aromatic nitrogens is 1. The Balaban J connectivity index is 1.82. The minimum Gasteiger partial charge on any atom is -0.489 e. The maximum atomic E-state index is 11.5. The van der Waals surface area contributed by atoms with E-state index in [9.17, 15) is 8.42 Å². The summed E-state index contributed by atoms with van der Waals surface area (Å²) in [6, 6.07) is 3.36. The molecule has 0 N–H and O–H groups in total. The van der Waals surface area contributed by atoms with Crippen molar-refractivity contribution in [2.24, 2.45) is 0 Å². The maximum absolute atomic E-state index is 11.5. The van der Waals surface area contributed by atoms with Crippen molar-refractivity contribution in [2.45, 2.75) is 31.3 Å². The average molecular weight is 331 g/mol. The molecule has 1 aliphatic rings. The van der Waals surface area contributed by atoms with E-state index in [2.05, 4.69) is 9.17 Å². The van der Waals surface area contributed by atoms with Gasteiger partial charge in [0.1, 0.15) is 18.1 Å². The van der Waals surface area contributed by atoms with Crippen molar-refractivity contribution in [3.63, 3.8) is 0 Å². The van der Waals surface area contributed by atoms with Crippen LogP contribution in [0.4, 0.5) is 0 Å². The summed E-state index contributed by atoms with van der Waals surface area (Å²) in [5, 5.41) is 0. The topological polar surface area (TPSA) is 84.0 Å². The van der Waals surface area contributed by atoms with E-state index in [0.717, 1.165) is 33.0 Å². The van der Waals surface area contributed by atoms with Crippen LogP contribution in [0.25, 0.3) is 0 Å². The third-order valence-electron chi connectivity index (χ3n) is 3.20. The fourth-order valence-corrected chi connectivity index (χ4v) is 2.73. The first kappa shape index (κ1) is 17.1. The smallest absolute Gasteiger partial charge is 0.272 e. The summed E-state index contributed by atoms with van der Waals surface area (Å²) in [6.45, 7) is 1.40. The van der Waals surface area contributed by atoms with Crippen LogP contribution in [0.2, 0.25) is 0 Å². The van der Waals surface area contributed by atoms with Gasteiger partial charge in [0.05, 0.1) is 19.4 Å². The molecule has 124 valence electrons. The quantitative estimate of drug-likeness (QED) is 0.527. The van der Waals surface area contributed by atoms with Crippen molar-refractivity contribution in [1.29, 1.82) is 0 Å². The number of hydrogen-bond donors (Lipinski definition) is 0. The van der Waals surface area contributed by atoms with Gasteiger partial charge in [-0.1, -0.05) is 0 Å². The third-order valence-corrected chi connectivity index (χ3v) is 4.33. The second kappa shape index (κ2) is 8.42. The molecule has 7 nitrogen and oxygen atoms in total. The van der Waals surface area contributed by atoms with Crippen LogP contribution in [0.5, 0.6) is 5.75 Å². The molecule has 1 aliphatic heterocycles. The Labute approximate surface area is 130 Å². The maximum Gasteiger partial charge on any atom is 0.272 e. The average Bonchev–Trinajstić information content (AvgIpc) is 2.54. The van der Waals surface area contributed by atoms with E-state index in [1.54, 1.807) is 12.1 Å². The van der Waals surface area contributed by atoms with Gasteiger partial charge < -0.3 is 14.2 Å². The molecule has 1 aromatic heterocycles. The minimum atomic E-state index is -3.64. The van der Waals surface area contributed by atoms with Gasteiger partial charge in [0.2, 0.25) is 0 Å². The van der Waals surface area contributed by atoms with Crippen LogP contribution in [-0.4, -0.2) is 46.6 Å². The number of rotatable bonds is 8. The largest absolute Gasteiger partial charge is 0.489 e.